The van der Waals surface area contributed by atoms with Crippen molar-refractivity contribution in [2.45, 2.75) is 31.7 Å². The summed E-state index contributed by atoms with van der Waals surface area (Å²) >= 11 is 0. The molecule has 1 aliphatic rings. The normalized spacial score (nSPS) is 19.6. The highest BCUT2D eigenvalue weighted by Gasteiger charge is 2.39. The van der Waals surface area contributed by atoms with Crippen molar-refractivity contribution in [2.75, 3.05) is 11.9 Å². The molecule has 0 bridgehead atoms. The second kappa shape index (κ2) is 6.93. The van der Waals surface area contributed by atoms with Crippen LogP contribution >= 0.6 is 0 Å². The SMILES string of the molecule is CC1(Cc2ccccc2)CCCN1C(=O)Nc1ccc(C(N)=O)nc1. The molecule has 0 aliphatic carbocycles. The molecule has 1 fully saturated rings. The number of aromatic nitrogens is 1. The Bertz CT molecular complexity index is 761. The Morgan fingerprint density at radius 3 is 2.64 bits per heavy atom. The molecule has 0 spiro atoms. The number of nitrogens with zero attached hydrogens (tertiary/aromatic N) is 2. The number of nitrogens with one attached hydrogen (secondary N) is 1. The van der Waals surface area contributed by atoms with Gasteiger partial charge in [0.15, 0.2) is 0 Å². The topological polar surface area (TPSA) is 88.3 Å². The number of amides is 3. The Balaban J connectivity index is 1.70. The second-order valence-electron chi connectivity index (χ2n) is 6.64. The van der Waals surface area contributed by atoms with E-state index in [1.807, 2.05) is 23.1 Å². The van der Waals surface area contributed by atoms with Gasteiger partial charge in [-0.15, -0.1) is 0 Å². The van der Waals surface area contributed by atoms with Crippen molar-refractivity contribution in [3.8, 4) is 0 Å². The summed E-state index contributed by atoms with van der Waals surface area (Å²) in [5.74, 6) is -0.590. The third-order valence-corrected chi connectivity index (χ3v) is 4.69. The van der Waals surface area contributed by atoms with E-state index in [1.54, 1.807) is 6.07 Å². The second-order valence-corrected chi connectivity index (χ2v) is 6.64. The predicted molar refractivity (Wildman–Crippen MR) is 96.3 cm³/mol. The van der Waals surface area contributed by atoms with E-state index in [0.717, 1.165) is 25.8 Å². The van der Waals surface area contributed by atoms with Crippen molar-refractivity contribution >= 4 is 17.6 Å². The quantitative estimate of drug-likeness (QED) is 0.898. The molecule has 2 heterocycles. The summed E-state index contributed by atoms with van der Waals surface area (Å²) in [6.07, 6.45) is 4.21. The highest BCUT2D eigenvalue weighted by atomic mass is 16.2. The first-order valence-electron chi connectivity index (χ1n) is 8.36. The Kier molecular flexibility index (Phi) is 4.70. The fourth-order valence-corrected chi connectivity index (χ4v) is 3.39. The van der Waals surface area contributed by atoms with Gasteiger partial charge in [-0.2, -0.15) is 0 Å². The average Bonchev–Trinajstić information content (AvgIpc) is 2.97. The van der Waals surface area contributed by atoms with E-state index in [1.165, 1.54) is 17.8 Å². The van der Waals surface area contributed by atoms with E-state index >= 15 is 0 Å². The third kappa shape index (κ3) is 3.79. The lowest BCUT2D eigenvalue weighted by Crippen LogP contribution is -2.48. The summed E-state index contributed by atoms with van der Waals surface area (Å²) in [6.45, 7) is 2.85. The molecule has 1 aliphatic heterocycles. The lowest BCUT2D eigenvalue weighted by Gasteiger charge is -2.35. The van der Waals surface area contributed by atoms with Crippen LogP contribution in [0, 0.1) is 0 Å². The highest BCUT2D eigenvalue weighted by molar-refractivity contribution is 5.92. The zero-order chi connectivity index (χ0) is 17.9. The van der Waals surface area contributed by atoms with Gasteiger partial charge >= 0.3 is 6.03 Å². The molecular formula is C19H22N4O2. The number of primary amides is 1. The first-order chi connectivity index (χ1) is 12.0. The maximum absolute atomic E-state index is 12.7. The maximum atomic E-state index is 12.7. The summed E-state index contributed by atoms with van der Waals surface area (Å²) in [5, 5.41) is 2.86. The van der Waals surface area contributed by atoms with Crippen molar-refractivity contribution in [3.63, 3.8) is 0 Å². The van der Waals surface area contributed by atoms with Crippen molar-refractivity contribution in [2.24, 2.45) is 5.73 Å². The molecule has 6 heteroatoms. The van der Waals surface area contributed by atoms with Crippen LogP contribution in [0.4, 0.5) is 10.5 Å². The molecule has 1 aromatic heterocycles. The van der Waals surface area contributed by atoms with Gasteiger partial charge in [0.25, 0.3) is 5.91 Å². The molecular weight excluding hydrogens is 316 g/mol. The van der Waals surface area contributed by atoms with Crippen LogP contribution in [0.1, 0.15) is 35.8 Å². The van der Waals surface area contributed by atoms with E-state index < -0.39 is 5.91 Å². The minimum absolute atomic E-state index is 0.149. The molecule has 6 nitrogen and oxygen atoms in total. The van der Waals surface area contributed by atoms with E-state index in [2.05, 4.69) is 29.4 Å². The van der Waals surface area contributed by atoms with Crippen LogP contribution in [0.3, 0.4) is 0 Å². The van der Waals surface area contributed by atoms with Crippen molar-refractivity contribution in [1.29, 1.82) is 0 Å². The molecule has 0 radical (unpaired) electrons. The van der Waals surface area contributed by atoms with Gasteiger partial charge in [0.2, 0.25) is 0 Å². The predicted octanol–water partition coefficient (Wildman–Crippen LogP) is 2.81. The van der Waals surface area contributed by atoms with Gasteiger partial charge in [0, 0.05) is 12.1 Å². The van der Waals surface area contributed by atoms with Crippen LogP contribution in [0.15, 0.2) is 48.7 Å². The summed E-state index contributed by atoms with van der Waals surface area (Å²) in [6, 6.07) is 13.2. The third-order valence-electron chi connectivity index (χ3n) is 4.69. The number of anilines is 1. The monoisotopic (exact) mass is 338 g/mol. The molecule has 1 unspecified atom stereocenters. The van der Waals surface area contributed by atoms with Crippen LogP contribution in [-0.4, -0.2) is 33.9 Å². The average molecular weight is 338 g/mol. The van der Waals surface area contributed by atoms with Gasteiger partial charge in [-0.05, 0) is 43.9 Å². The number of carbonyl (C=O) groups is 2. The van der Waals surface area contributed by atoms with Gasteiger partial charge in [-0.25, -0.2) is 9.78 Å². The number of hydrogen-bond donors (Lipinski definition) is 2. The number of rotatable bonds is 4. The van der Waals surface area contributed by atoms with Crippen LogP contribution in [0.2, 0.25) is 0 Å². The molecule has 3 N–H and O–H groups in total. The lowest BCUT2D eigenvalue weighted by molar-refractivity contribution is 0.0995. The first-order valence-corrected chi connectivity index (χ1v) is 8.36. The molecule has 3 rings (SSSR count). The van der Waals surface area contributed by atoms with Crippen molar-refractivity contribution in [3.05, 3.63) is 59.9 Å². The Morgan fingerprint density at radius 2 is 2.00 bits per heavy atom. The maximum Gasteiger partial charge on any atom is 0.322 e. The fourth-order valence-electron chi connectivity index (χ4n) is 3.39. The van der Waals surface area contributed by atoms with E-state index in [-0.39, 0.29) is 17.3 Å². The van der Waals surface area contributed by atoms with Gasteiger partial charge < -0.3 is 16.0 Å². The molecule has 1 atom stereocenters. The standard InChI is InChI=1S/C19H22N4O2/c1-19(12-14-6-3-2-4-7-14)10-5-11-23(19)18(25)22-15-8-9-16(17(20)24)21-13-15/h2-4,6-9,13H,5,10-12H2,1H3,(H2,20,24)(H,22,25). The number of urea groups is 1. The summed E-state index contributed by atoms with van der Waals surface area (Å²) < 4.78 is 0. The van der Waals surface area contributed by atoms with Gasteiger partial charge in [-0.1, -0.05) is 30.3 Å². The molecule has 2 aromatic rings. The minimum Gasteiger partial charge on any atom is -0.364 e. The lowest BCUT2D eigenvalue weighted by atomic mass is 9.90. The zero-order valence-corrected chi connectivity index (χ0v) is 14.2. The number of hydrogen-bond acceptors (Lipinski definition) is 3. The number of nitrogens with two attached hydrogens (primary N) is 1. The van der Waals surface area contributed by atoms with Crippen LogP contribution in [-0.2, 0) is 6.42 Å². The summed E-state index contributed by atoms with van der Waals surface area (Å²) in [5.41, 5.74) is 6.90. The molecule has 1 saturated heterocycles. The first kappa shape index (κ1) is 17.0. The smallest absolute Gasteiger partial charge is 0.322 e. The molecule has 25 heavy (non-hydrogen) atoms. The number of pyridine rings is 1. The summed E-state index contributed by atoms with van der Waals surface area (Å²) in [7, 11) is 0. The number of carbonyl (C=O) groups excluding carboxylic acids is 2. The number of likely N-dealkylation sites (tertiary alicyclic amines) is 1. The van der Waals surface area contributed by atoms with E-state index in [4.69, 9.17) is 5.73 Å². The van der Waals surface area contributed by atoms with E-state index in [0.29, 0.717) is 5.69 Å². The van der Waals surface area contributed by atoms with E-state index in [9.17, 15) is 9.59 Å². The summed E-state index contributed by atoms with van der Waals surface area (Å²) in [4.78, 5) is 29.6. The van der Waals surface area contributed by atoms with Gasteiger partial charge in [0.1, 0.15) is 5.69 Å². The molecule has 3 amide bonds. The highest BCUT2D eigenvalue weighted by Crippen LogP contribution is 2.32. The molecule has 130 valence electrons. The number of benzene rings is 1. The van der Waals surface area contributed by atoms with Gasteiger partial charge in [0.05, 0.1) is 11.9 Å². The van der Waals surface area contributed by atoms with Crippen molar-refractivity contribution in [1.82, 2.24) is 9.88 Å². The Hall–Kier alpha value is -2.89. The van der Waals surface area contributed by atoms with Crippen LogP contribution in [0.25, 0.3) is 0 Å². The largest absolute Gasteiger partial charge is 0.364 e. The fraction of sp³-hybridized carbons (Fsp3) is 0.316. The molecule has 0 saturated carbocycles. The van der Waals surface area contributed by atoms with Gasteiger partial charge in [-0.3, -0.25) is 4.79 Å². The zero-order valence-electron chi connectivity index (χ0n) is 14.2. The van der Waals surface area contributed by atoms with Crippen molar-refractivity contribution < 1.29 is 9.59 Å². The molecule has 1 aromatic carbocycles. The Labute approximate surface area is 147 Å². The Morgan fingerprint density at radius 1 is 1.24 bits per heavy atom. The van der Waals surface area contributed by atoms with Crippen LogP contribution in [0.5, 0.6) is 0 Å². The minimum atomic E-state index is -0.590. The van der Waals surface area contributed by atoms with Crippen LogP contribution < -0.4 is 11.1 Å².